The zero-order valence-electron chi connectivity index (χ0n) is 16.4. The summed E-state index contributed by atoms with van der Waals surface area (Å²) in [6.45, 7) is 2.64. The summed E-state index contributed by atoms with van der Waals surface area (Å²) in [5, 5.41) is 6.84. The first kappa shape index (κ1) is 20.5. The van der Waals surface area contributed by atoms with E-state index in [9.17, 15) is 9.59 Å². The standard InChI is InChI=1S/C18H34N6O2/c1-20-17(22-14-6-10-24(11-7-14)12-15(19)25)21-13-18(8-4-5-9-18)16(26)23(2)3/h14H,4-13H2,1-3H3,(H2,19,25)(H2,20,21,22). The highest BCUT2D eigenvalue weighted by Crippen LogP contribution is 2.38. The van der Waals surface area contributed by atoms with E-state index in [-0.39, 0.29) is 17.2 Å². The molecule has 1 heterocycles. The Bertz CT molecular complexity index is 520. The summed E-state index contributed by atoms with van der Waals surface area (Å²) in [4.78, 5) is 31.8. The van der Waals surface area contributed by atoms with E-state index in [0.717, 1.165) is 57.6 Å². The average molecular weight is 367 g/mol. The number of nitrogens with two attached hydrogens (primary N) is 1. The molecule has 1 saturated carbocycles. The summed E-state index contributed by atoms with van der Waals surface area (Å²) in [6.07, 6.45) is 5.95. The number of hydrogen-bond acceptors (Lipinski definition) is 4. The van der Waals surface area contributed by atoms with Gasteiger partial charge in [0.25, 0.3) is 0 Å². The van der Waals surface area contributed by atoms with Crippen LogP contribution < -0.4 is 16.4 Å². The maximum absolute atomic E-state index is 12.7. The van der Waals surface area contributed by atoms with E-state index in [2.05, 4.69) is 20.5 Å². The zero-order chi connectivity index (χ0) is 19.2. The molecular weight excluding hydrogens is 332 g/mol. The van der Waals surface area contributed by atoms with Crippen molar-refractivity contribution in [1.82, 2.24) is 20.4 Å². The van der Waals surface area contributed by atoms with Gasteiger partial charge in [0.1, 0.15) is 0 Å². The van der Waals surface area contributed by atoms with Crippen molar-refractivity contribution < 1.29 is 9.59 Å². The summed E-state index contributed by atoms with van der Waals surface area (Å²) in [5.74, 6) is 0.676. The molecule has 0 radical (unpaired) electrons. The van der Waals surface area contributed by atoms with Gasteiger partial charge in [0, 0.05) is 46.8 Å². The Labute approximate surface area is 156 Å². The number of aliphatic imine (C=N–C) groups is 1. The van der Waals surface area contributed by atoms with Gasteiger partial charge in [-0.05, 0) is 25.7 Å². The van der Waals surface area contributed by atoms with Crippen molar-refractivity contribution in [2.45, 2.75) is 44.6 Å². The van der Waals surface area contributed by atoms with Crippen LogP contribution in [0.1, 0.15) is 38.5 Å². The van der Waals surface area contributed by atoms with Gasteiger partial charge in [-0.15, -0.1) is 0 Å². The van der Waals surface area contributed by atoms with Crippen molar-refractivity contribution in [2.75, 3.05) is 47.3 Å². The molecule has 1 aliphatic heterocycles. The van der Waals surface area contributed by atoms with E-state index < -0.39 is 0 Å². The number of piperidine rings is 1. The number of carbonyl (C=O) groups excluding carboxylic acids is 2. The number of guanidine groups is 1. The van der Waals surface area contributed by atoms with Crippen molar-refractivity contribution in [2.24, 2.45) is 16.1 Å². The van der Waals surface area contributed by atoms with Crippen molar-refractivity contribution in [3.05, 3.63) is 0 Å². The lowest BCUT2D eigenvalue weighted by Crippen LogP contribution is -2.53. The zero-order valence-corrected chi connectivity index (χ0v) is 16.4. The lowest BCUT2D eigenvalue weighted by atomic mass is 9.84. The Morgan fingerprint density at radius 3 is 2.35 bits per heavy atom. The van der Waals surface area contributed by atoms with Gasteiger partial charge in [0.2, 0.25) is 11.8 Å². The molecule has 0 aromatic heterocycles. The fraction of sp³-hybridized carbons (Fsp3) is 0.833. The Balaban J connectivity index is 1.84. The highest BCUT2D eigenvalue weighted by molar-refractivity contribution is 5.85. The number of nitrogens with one attached hydrogen (secondary N) is 2. The normalized spacial score (nSPS) is 21.4. The van der Waals surface area contributed by atoms with Crippen LogP contribution in [0, 0.1) is 5.41 Å². The van der Waals surface area contributed by atoms with Gasteiger partial charge in [-0.1, -0.05) is 12.8 Å². The molecule has 8 nitrogen and oxygen atoms in total. The monoisotopic (exact) mass is 366 g/mol. The minimum absolute atomic E-state index is 0.206. The Morgan fingerprint density at radius 2 is 1.85 bits per heavy atom. The lowest BCUT2D eigenvalue weighted by Gasteiger charge is -2.34. The number of nitrogens with zero attached hydrogens (tertiary/aromatic N) is 3. The molecule has 1 aliphatic carbocycles. The van der Waals surface area contributed by atoms with Crippen LogP contribution in [0.3, 0.4) is 0 Å². The quantitative estimate of drug-likeness (QED) is 0.444. The molecule has 0 bridgehead atoms. The highest BCUT2D eigenvalue weighted by atomic mass is 16.2. The summed E-state index contributed by atoms with van der Waals surface area (Å²) >= 11 is 0. The second-order valence-corrected chi connectivity index (χ2v) is 7.77. The minimum atomic E-state index is -0.314. The van der Waals surface area contributed by atoms with E-state index in [1.165, 1.54) is 0 Å². The van der Waals surface area contributed by atoms with E-state index in [4.69, 9.17) is 5.73 Å². The summed E-state index contributed by atoms with van der Waals surface area (Å²) in [5.41, 5.74) is 4.95. The van der Waals surface area contributed by atoms with Gasteiger partial charge in [-0.2, -0.15) is 0 Å². The maximum atomic E-state index is 12.7. The fourth-order valence-corrected chi connectivity index (χ4v) is 4.09. The van der Waals surface area contributed by atoms with E-state index >= 15 is 0 Å². The number of amides is 2. The maximum Gasteiger partial charge on any atom is 0.231 e. The molecule has 4 N–H and O–H groups in total. The summed E-state index contributed by atoms with van der Waals surface area (Å²) in [7, 11) is 5.41. The molecular formula is C18H34N6O2. The molecule has 8 heteroatoms. The van der Waals surface area contributed by atoms with Crippen molar-refractivity contribution in [3.8, 4) is 0 Å². The van der Waals surface area contributed by atoms with Gasteiger partial charge in [0.05, 0.1) is 12.0 Å². The summed E-state index contributed by atoms with van der Waals surface area (Å²) in [6, 6.07) is 0.314. The van der Waals surface area contributed by atoms with Gasteiger partial charge in [-0.25, -0.2) is 0 Å². The Kier molecular flexibility index (Phi) is 7.25. The van der Waals surface area contributed by atoms with Gasteiger partial charge < -0.3 is 21.3 Å². The molecule has 2 fully saturated rings. The summed E-state index contributed by atoms with van der Waals surface area (Å²) < 4.78 is 0. The largest absolute Gasteiger partial charge is 0.369 e. The third kappa shape index (κ3) is 5.33. The van der Waals surface area contributed by atoms with Crippen LogP contribution in [-0.4, -0.2) is 80.9 Å². The molecule has 2 rings (SSSR count). The molecule has 0 atom stereocenters. The van der Waals surface area contributed by atoms with E-state index in [1.54, 1.807) is 11.9 Å². The predicted molar refractivity (Wildman–Crippen MR) is 103 cm³/mol. The molecule has 148 valence electrons. The van der Waals surface area contributed by atoms with E-state index in [1.807, 2.05) is 14.1 Å². The topological polar surface area (TPSA) is 103 Å². The van der Waals surface area contributed by atoms with Crippen LogP contribution in [0.5, 0.6) is 0 Å². The molecule has 1 saturated heterocycles. The predicted octanol–water partition coefficient (Wildman–Crippen LogP) is -0.250. The van der Waals surface area contributed by atoms with Crippen molar-refractivity contribution in [3.63, 3.8) is 0 Å². The van der Waals surface area contributed by atoms with Crippen LogP contribution >= 0.6 is 0 Å². The van der Waals surface area contributed by atoms with Gasteiger partial charge >= 0.3 is 0 Å². The number of carbonyl (C=O) groups is 2. The molecule has 26 heavy (non-hydrogen) atoms. The molecule has 2 amide bonds. The number of primary amides is 1. The molecule has 0 aromatic rings. The molecule has 0 aromatic carbocycles. The van der Waals surface area contributed by atoms with Crippen LogP contribution in [-0.2, 0) is 9.59 Å². The average Bonchev–Trinajstić information content (AvgIpc) is 3.09. The van der Waals surface area contributed by atoms with Gasteiger partial charge in [-0.3, -0.25) is 19.5 Å². The van der Waals surface area contributed by atoms with Crippen LogP contribution in [0.2, 0.25) is 0 Å². The lowest BCUT2D eigenvalue weighted by molar-refractivity contribution is -0.138. The Morgan fingerprint density at radius 1 is 1.23 bits per heavy atom. The highest BCUT2D eigenvalue weighted by Gasteiger charge is 2.42. The van der Waals surface area contributed by atoms with Crippen molar-refractivity contribution >= 4 is 17.8 Å². The third-order valence-corrected chi connectivity index (χ3v) is 5.55. The fourth-order valence-electron chi connectivity index (χ4n) is 4.09. The number of rotatable bonds is 6. The van der Waals surface area contributed by atoms with Crippen LogP contribution in [0.4, 0.5) is 0 Å². The van der Waals surface area contributed by atoms with Crippen molar-refractivity contribution in [1.29, 1.82) is 0 Å². The Hall–Kier alpha value is -1.83. The van der Waals surface area contributed by atoms with Crippen LogP contribution in [0.15, 0.2) is 4.99 Å². The first-order valence-electron chi connectivity index (χ1n) is 9.56. The molecule has 0 unspecified atom stereocenters. The first-order valence-corrected chi connectivity index (χ1v) is 9.56. The second kappa shape index (κ2) is 9.21. The van der Waals surface area contributed by atoms with E-state index in [0.29, 0.717) is 19.1 Å². The molecule has 0 spiro atoms. The second-order valence-electron chi connectivity index (χ2n) is 7.77. The SMILES string of the molecule is CN=C(NCC1(C(=O)N(C)C)CCCC1)NC1CCN(CC(N)=O)CC1. The van der Waals surface area contributed by atoms with Gasteiger partial charge in [0.15, 0.2) is 5.96 Å². The smallest absolute Gasteiger partial charge is 0.231 e. The number of likely N-dealkylation sites (tertiary alicyclic amines) is 1. The first-order chi connectivity index (χ1) is 12.4. The minimum Gasteiger partial charge on any atom is -0.369 e. The van der Waals surface area contributed by atoms with Crippen LogP contribution in [0.25, 0.3) is 0 Å². The molecule has 2 aliphatic rings. The number of hydrogen-bond donors (Lipinski definition) is 3. The third-order valence-electron chi connectivity index (χ3n) is 5.55.